The molecule has 144 valence electrons. The maximum absolute atomic E-state index is 12.6. The Bertz CT molecular complexity index is 769. The van der Waals surface area contributed by atoms with Crippen molar-refractivity contribution in [2.24, 2.45) is 5.92 Å². The van der Waals surface area contributed by atoms with Crippen LogP contribution in [0.25, 0.3) is 0 Å². The van der Waals surface area contributed by atoms with Crippen LogP contribution >= 0.6 is 0 Å². The highest BCUT2D eigenvalue weighted by Gasteiger charge is 2.26. The van der Waals surface area contributed by atoms with Crippen molar-refractivity contribution in [1.82, 2.24) is 19.9 Å². The predicted molar refractivity (Wildman–Crippen MR) is 107 cm³/mol. The molecule has 0 bridgehead atoms. The number of piperazine rings is 1. The highest BCUT2D eigenvalue weighted by molar-refractivity contribution is 5.79. The van der Waals surface area contributed by atoms with Crippen molar-refractivity contribution in [1.29, 1.82) is 0 Å². The van der Waals surface area contributed by atoms with Crippen molar-refractivity contribution < 1.29 is 4.79 Å². The number of aryl methyl sites for hydroxylation is 1. The van der Waals surface area contributed by atoms with Gasteiger partial charge < -0.3 is 15.1 Å². The first-order valence-corrected chi connectivity index (χ1v) is 9.66. The van der Waals surface area contributed by atoms with E-state index in [2.05, 4.69) is 39.0 Å². The topological polar surface area (TPSA) is 74.2 Å². The van der Waals surface area contributed by atoms with Crippen molar-refractivity contribution in [2.75, 3.05) is 36.4 Å². The van der Waals surface area contributed by atoms with Gasteiger partial charge in [-0.25, -0.2) is 15.0 Å². The summed E-state index contributed by atoms with van der Waals surface area (Å²) in [5, 5.41) is 3.23. The third kappa shape index (κ3) is 4.72. The first kappa shape index (κ1) is 19.1. The minimum Gasteiger partial charge on any atom is -0.353 e. The Morgan fingerprint density at radius 3 is 2.44 bits per heavy atom. The van der Waals surface area contributed by atoms with Crippen LogP contribution in [0.15, 0.2) is 30.7 Å². The van der Waals surface area contributed by atoms with E-state index in [1.165, 1.54) is 0 Å². The van der Waals surface area contributed by atoms with Crippen LogP contribution in [0.5, 0.6) is 0 Å². The van der Waals surface area contributed by atoms with Gasteiger partial charge in [-0.1, -0.05) is 13.8 Å². The van der Waals surface area contributed by atoms with Gasteiger partial charge in [0.15, 0.2) is 0 Å². The zero-order chi connectivity index (χ0) is 19.2. The number of nitrogens with one attached hydrogen (secondary N) is 1. The second-order valence-electron chi connectivity index (χ2n) is 6.93. The summed E-state index contributed by atoms with van der Waals surface area (Å²) in [6.07, 6.45) is 5.15. The Hall–Kier alpha value is -2.70. The van der Waals surface area contributed by atoms with Gasteiger partial charge in [0.2, 0.25) is 5.91 Å². The highest BCUT2D eigenvalue weighted by atomic mass is 16.2. The molecule has 1 N–H and O–H groups in total. The van der Waals surface area contributed by atoms with Crippen LogP contribution in [0.2, 0.25) is 0 Å². The monoisotopic (exact) mass is 368 g/mol. The number of anilines is 3. The molecule has 0 radical (unpaired) electrons. The Labute approximate surface area is 160 Å². The average Bonchev–Trinajstić information content (AvgIpc) is 2.69. The number of aromatic nitrogens is 3. The molecule has 1 amide bonds. The molecular weight excluding hydrogens is 340 g/mol. The van der Waals surface area contributed by atoms with Crippen molar-refractivity contribution in [2.45, 2.75) is 33.6 Å². The van der Waals surface area contributed by atoms with Crippen LogP contribution in [-0.4, -0.2) is 51.9 Å². The van der Waals surface area contributed by atoms with E-state index in [1.54, 1.807) is 12.5 Å². The van der Waals surface area contributed by atoms with Crippen LogP contribution in [0.3, 0.4) is 0 Å². The Kier molecular flexibility index (Phi) is 6.21. The molecule has 0 spiro atoms. The number of amides is 1. The van der Waals surface area contributed by atoms with Crippen molar-refractivity contribution in [3.63, 3.8) is 0 Å². The number of carbonyl (C=O) groups is 1. The van der Waals surface area contributed by atoms with E-state index in [0.29, 0.717) is 5.82 Å². The maximum atomic E-state index is 12.6. The molecule has 2 aromatic heterocycles. The third-order valence-electron chi connectivity index (χ3n) is 5.07. The van der Waals surface area contributed by atoms with Crippen LogP contribution in [0, 0.1) is 12.8 Å². The number of nitrogens with zero attached hydrogens (tertiary/aromatic N) is 5. The smallest absolute Gasteiger partial charge is 0.225 e. The lowest BCUT2D eigenvalue weighted by Crippen LogP contribution is -2.50. The van der Waals surface area contributed by atoms with Crippen molar-refractivity contribution >= 4 is 23.4 Å². The summed E-state index contributed by atoms with van der Waals surface area (Å²) in [5.41, 5.74) is 1.14. The minimum absolute atomic E-state index is 0.147. The lowest BCUT2D eigenvalue weighted by Gasteiger charge is -2.36. The average molecular weight is 368 g/mol. The van der Waals surface area contributed by atoms with Crippen molar-refractivity contribution in [3.05, 3.63) is 36.3 Å². The van der Waals surface area contributed by atoms with Crippen molar-refractivity contribution in [3.8, 4) is 0 Å². The SMILES string of the molecule is CCC(CC)C(=O)N1CCN(c2cc(Nc3cc(C)ccn3)ncn2)CC1. The lowest BCUT2D eigenvalue weighted by atomic mass is 10.0. The molecule has 3 rings (SSSR count). The van der Waals surface area contributed by atoms with Crippen LogP contribution in [0.4, 0.5) is 17.5 Å². The fourth-order valence-electron chi connectivity index (χ4n) is 3.38. The second kappa shape index (κ2) is 8.79. The number of pyridine rings is 1. The predicted octanol–water partition coefficient (Wildman–Crippen LogP) is 3.01. The first-order chi connectivity index (χ1) is 13.1. The van der Waals surface area contributed by atoms with E-state index in [4.69, 9.17) is 0 Å². The Morgan fingerprint density at radius 2 is 1.78 bits per heavy atom. The molecule has 1 fully saturated rings. The van der Waals surface area contributed by atoms with Gasteiger partial charge in [0.1, 0.15) is 23.8 Å². The van der Waals surface area contributed by atoms with Gasteiger partial charge in [0.05, 0.1) is 0 Å². The summed E-state index contributed by atoms with van der Waals surface area (Å²) < 4.78 is 0. The minimum atomic E-state index is 0.147. The number of rotatable bonds is 6. The normalized spacial score (nSPS) is 14.5. The fourth-order valence-corrected chi connectivity index (χ4v) is 3.38. The maximum Gasteiger partial charge on any atom is 0.225 e. The van der Waals surface area contributed by atoms with E-state index in [9.17, 15) is 4.79 Å². The van der Waals surface area contributed by atoms with Gasteiger partial charge in [-0.05, 0) is 37.5 Å². The Morgan fingerprint density at radius 1 is 1.07 bits per heavy atom. The molecule has 1 saturated heterocycles. The molecule has 3 heterocycles. The summed E-state index contributed by atoms with van der Waals surface area (Å²) in [5.74, 6) is 2.78. The summed E-state index contributed by atoms with van der Waals surface area (Å²) in [4.78, 5) is 29.8. The molecule has 7 heteroatoms. The largest absolute Gasteiger partial charge is 0.353 e. The molecule has 27 heavy (non-hydrogen) atoms. The Balaban J connectivity index is 1.62. The van der Waals surface area contributed by atoms with Gasteiger partial charge in [-0.3, -0.25) is 4.79 Å². The van der Waals surface area contributed by atoms with Crippen LogP contribution in [-0.2, 0) is 4.79 Å². The van der Waals surface area contributed by atoms with E-state index < -0.39 is 0 Å². The molecule has 0 saturated carbocycles. The lowest BCUT2D eigenvalue weighted by molar-refractivity contribution is -0.136. The second-order valence-corrected chi connectivity index (χ2v) is 6.93. The van der Waals surface area contributed by atoms with E-state index in [1.807, 2.05) is 30.0 Å². The van der Waals surface area contributed by atoms with E-state index in [0.717, 1.165) is 56.2 Å². The van der Waals surface area contributed by atoms with Gasteiger partial charge in [0, 0.05) is 44.4 Å². The number of hydrogen-bond acceptors (Lipinski definition) is 6. The summed E-state index contributed by atoms with van der Waals surface area (Å²) in [7, 11) is 0. The highest BCUT2D eigenvalue weighted by Crippen LogP contribution is 2.20. The van der Waals surface area contributed by atoms with Gasteiger partial charge in [0.25, 0.3) is 0 Å². The number of hydrogen-bond donors (Lipinski definition) is 1. The molecular formula is C20H28N6O. The fraction of sp³-hybridized carbons (Fsp3) is 0.500. The van der Waals surface area contributed by atoms with Crippen LogP contribution in [0.1, 0.15) is 32.3 Å². The third-order valence-corrected chi connectivity index (χ3v) is 5.07. The first-order valence-electron chi connectivity index (χ1n) is 9.66. The molecule has 1 aliphatic heterocycles. The molecule has 2 aromatic rings. The molecule has 7 nitrogen and oxygen atoms in total. The van der Waals surface area contributed by atoms with Crippen LogP contribution < -0.4 is 10.2 Å². The molecule has 1 aliphatic rings. The summed E-state index contributed by atoms with van der Waals surface area (Å²) in [6, 6.07) is 5.87. The standard InChI is InChI=1S/C20H28N6O/c1-4-16(5-2)20(27)26-10-8-25(9-11-26)19-13-18(22-14-23-19)24-17-12-15(3)6-7-21-17/h6-7,12-14,16H,4-5,8-11H2,1-3H3,(H,21,22,23,24). The van der Waals surface area contributed by atoms with Gasteiger partial charge in [-0.2, -0.15) is 0 Å². The van der Waals surface area contributed by atoms with E-state index >= 15 is 0 Å². The zero-order valence-electron chi connectivity index (χ0n) is 16.4. The summed E-state index contributed by atoms with van der Waals surface area (Å²) in [6.45, 7) is 9.24. The molecule has 0 atom stereocenters. The molecule has 0 aliphatic carbocycles. The van der Waals surface area contributed by atoms with Gasteiger partial charge >= 0.3 is 0 Å². The van der Waals surface area contributed by atoms with E-state index in [-0.39, 0.29) is 11.8 Å². The summed E-state index contributed by atoms with van der Waals surface area (Å²) >= 11 is 0. The number of carbonyl (C=O) groups excluding carboxylic acids is 1. The zero-order valence-corrected chi connectivity index (χ0v) is 16.4. The quantitative estimate of drug-likeness (QED) is 0.845. The van der Waals surface area contributed by atoms with Gasteiger partial charge in [-0.15, -0.1) is 0 Å². The molecule has 0 unspecified atom stereocenters. The molecule has 0 aromatic carbocycles.